The molecule has 5 heteroatoms. The first-order valence-corrected chi connectivity index (χ1v) is 8.48. The first-order chi connectivity index (χ1) is 12.2. The second-order valence-corrected chi connectivity index (χ2v) is 5.48. The third kappa shape index (κ3) is 5.41. The number of hydrogen-bond donors (Lipinski definition) is 1. The largest absolute Gasteiger partial charge is 0.494 e. The summed E-state index contributed by atoms with van der Waals surface area (Å²) < 4.78 is 16.4. The number of nitrogens with one attached hydrogen (secondary N) is 1. The molecule has 0 saturated carbocycles. The molecule has 0 heterocycles. The minimum Gasteiger partial charge on any atom is -0.494 e. The third-order valence-electron chi connectivity index (χ3n) is 3.55. The zero-order chi connectivity index (χ0) is 18.1. The van der Waals surface area contributed by atoms with Gasteiger partial charge in [-0.2, -0.15) is 0 Å². The molecule has 0 aliphatic carbocycles. The summed E-state index contributed by atoms with van der Waals surface area (Å²) in [7, 11) is 1.61. The molecule has 0 saturated heterocycles. The van der Waals surface area contributed by atoms with Gasteiger partial charge in [-0.3, -0.25) is 4.79 Å². The van der Waals surface area contributed by atoms with Crippen molar-refractivity contribution in [1.29, 1.82) is 0 Å². The number of benzene rings is 2. The average Bonchev–Trinajstić information content (AvgIpc) is 2.65. The number of carbonyl (C=O) groups is 1. The second kappa shape index (κ2) is 9.57. The maximum absolute atomic E-state index is 12.3. The quantitative estimate of drug-likeness (QED) is 0.752. The average molecular weight is 343 g/mol. The van der Waals surface area contributed by atoms with Gasteiger partial charge >= 0.3 is 0 Å². The Bertz CT molecular complexity index is 700. The maximum Gasteiger partial charge on any atom is 0.251 e. The van der Waals surface area contributed by atoms with Gasteiger partial charge < -0.3 is 19.5 Å². The van der Waals surface area contributed by atoms with Gasteiger partial charge in [0.1, 0.15) is 5.75 Å². The first-order valence-electron chi connectivity index (χ1n) is 8.48. The molecule has 0 fully saturated rings. The first kappa shape index (κ1) is 18.6. The summed E-state index contributed by atoms with van der Waals surface area (Å²) in [6, 6.07) is 12.8. The molecule has 0 spiro atoms. The Labute approximate surface area is 148 Å². The van der Waals surface area contributed by atoms with E-state index in [1.807, 2.05) is 37.3 Å². The van der Waals surface area contributed by atoms with Gasteiger partial charge in [-0.05, 0) is 49.2 Å². The lowest BCUT2D eigenvalue weighted by Crippen LogP contribution is -2.22. The van der Waals surface area contributed by atoms with E-state index >= 15 is 0 Å². The Balaban J connectivity index is 2.00. The van der Waals surface area contributed by atoms with Crippen LogP contribution in [0.2, 0.25) is 0 Å². The van der Waals surface area contributed by atoms with E-state index in [9.17, 15) is 4.79 Å². The van der Waals surface area contributed by atoms with Gasteiger partial charge in [-0.25, -0.2) is 0 Å². The van der Waals surface area contributed by atoms with Crippen LogP contribution in [-0.4, -0.2) is 26.2 Å². The predicted molar refractivity (Wildman–Crippen MR) is 97.6 cm³/mol. The van der Waals surface area contributed by atoms with Crippen LogP contribution >= 0.6 is 0 Å². The fraction of sp³-hybridized carbons (Fsp3) is 0.350. The SMILES string of the molecule is CCCOc1ccc(CNC(=O)c2cccc(OCC)c2)cc1OC. The van der Waals surface area contributed by atoms with Crippen molar-refractivity contribution in [2.24, 2.45) is 0 Å². The number of rotatable bonds is 9. The predicted octanol–water partition coefficient (Wildman–Crippen LogP) is 3.81. The lowest BCUT2D eigenvalue weighted by Gasteiger charge is -2.12. The number of amides is 1. The summed E-state index contributed by atoms with van der Waals surface area (Å²) in [4.78, 5) is 12.3. The summed E-state index contributed by atoms with van der Waals surface area (Å²) in [6.45, 7) is 5.58. The molecule has 25 heavy (non-hydrogen) atoms. The highest BCUT2D eigenvalue weighted by Gasteiger charge is 2.09. The van der Waals surface area contributed by atoms with E-state index in [1.165, 1.54) is 0 Å². The van der Waals surface area contributed by atoms with Crippen LogP contribution in [0.3, 0.4) is 0 Å². The van der Waals surface area contributed by atoms with Gasteiger partial charge in [0.05, 0.1) is 20.3 Å². The smallest absolute Gasteiger partial charge is 0.251 e. The van der Waals surface area contributed by atoms with Gasteiger partial charge in [0.2, 0.25) is 0 Å². The van der Waals surface area contributed by atoms with E-state index in [2.05, 4.69) is 12.2 Å². The summed E-state index contributed by atoms with van der Waals surface area (Å²) in [5.41, 5.74) is 1.51. The summed E-state index contributed by atoms with van der Waals surface area (Å²) in [5, 5.41) is 2.91. The minimum atomic E-state index is -0.146. The van der Waals surface area contributed by atoms with E-state index in [4.69, 9.17) is 14.2 Å². The standard InChI is InChI=1S/C20H25NO4/c1-4-11-25-18-10-9-15(12-19(18)23-3)14-21-20(22)16-7-6-8-17(13-16)24-5-2/h6-10,12-13H,4-5,11,14H2,1-3H3,(H,21,22). The summed E-state index contributed by atoms with van der Waals surface area (Å²) >= 11 is 0. The van der Waals surface area contributed by atoms with Crippen molar-refractivity contribution < 1.29 is 19.0 Å². The Morgan fingerprint density at radius 2 is 1.88 bits per heavy atom. The second-order valence-electron chi connectivity index (χ2n) is 5.48. The van der Waals surface area contributed by atoms with Crippen molar-refractivity contribution in [3.63, 3.8) is 0 Å². The van der Waals surface area contributed by atoms with Crippen LogP contribution in [0, 0.1) is 0 Å². The van der Waals surface area contributed by atoms with Crippen LogP contribution in [0.5, 0.6) is 17.2 Å². The van der Waals surface area contributed by atoms with Gasteiger partial charge in [0.15, 0.2) is 11.5 Å². The Hall–Kier alpha value is -2.69. The molecule has 0 aliphatic rings. The lowest BCUT2D eigenvalue weighted by molar-refractivity contribution is 0.0950. The molecule has 2 aromatic rings. The number of carbonyl (C=O) groups excluding carboxylic acids is 1. The molecule has 0 radical (unpaired) electrons. The number of ether oxygens (including phenoxy) is 3. The lowest BCUT2D eigenvalue weighted by atomic mass is 10.1. The van der Waals surface area contributed by atoms with Gasteiger partial charge in [0, 0.05) is 12.1 Å². The van der Waals surface area contributed by atoms with Gasteiger partial charge in [0.25, 0.3) is 5.91 Å². The third-order valence-corrected chi connectivity index (χ3v) is 3.55. The molecule has 0 aromatic heterocycles. The Morgan fingerprint density at radius 1 is 1.04 bits per heavy atom. The highest BCUT2D eigenvalue weighted by atomic mass is 16.5. The van der Waals surface area contributed by atoms with E-state index in [-0.39, 0.29) is 5.91 Å². The molecule has 2 aromatic carbocycles. The van der Waals surface area contributed by atoms with E-state index in [0.717, 1.165) is 12.0 Å². The van der Waals surface area contributed by atoms with Crippen molar-refractivity contribution >= 4 is 5.91 Å². The highest BCUT2D eigenvalue weighted by molar-refractivity contribution is 5.94. The van der Waals surface area contributed by atoms with E-state index in [1.54, 1.807) is 19.2 Å². The van der Waals surface area contributed by atoms with Crippen molar-refractivity contribution in [1.82, 2.24) is 5.32 Å². The Morgan fingerprint density at radius 3 is 2.60 bits per heavy atom. The number of hydrogen-bond acceptors (Lipinski definition) is 4. The monoisotopic (exact) mass is 343 g/mol. The van der Waals surface area contributed by atoms with Crippen LogP contribution in [0.15, 0.2) is 42.5 Å². The fourth-order valence-electron chi connectivity index (χ4n) is 2.33. The molecule has 134 valence electrons. The fourth-order valence-corrected chi connectivity index (χ4v) is 2.33. The zero-order valence-electron chi connectivity index (χ0n) is 15.0. The normalized spacial score (nSPS) is 10.2. The topological polar surface area (TPSA) is 56.8 Å². The number of methoxy groups -OCH3 is 1. The Kier molecular flexibility index (Phi) is 7.14. The van der Waals surface area contributed by atoms with Crippen molar-refractivity contribution in [3.8, 4) is 17.2 Å². The maximum atomic E-state index is 12.3. The molecule has 0 atom stereocenters. The van der Waals surface area contributed by atoms with E-state index in [0.29, 0.717) is 42.6 Å². The zero-order valence-corrected chi connectivity index (χ0v) is 15.0. The summed E-state index contributed by atoms with van der Waals surface area (Å²) in [5.74, 6) is 1.92. The van der Waals surface area contributed by atoms with Crippen LogP contribution < -0.4 is 19.5 Å². The van der Waals surface area contributed by atoms with Gasteiger partial charge in [-0.15, -0.1) is 0 Å². The van der Waals surface area contributed by atoms with Crippen molar-refractivity contribution in [2.75, 3.05) is 20.3 Å². The molecule has 1 N–H and O–H groups in total. The van der Waals surface area contributed by atoms with Crippen LogP contribution in [0.4, 0.5) is 0 Å². The summed E-state index contributed by atoms with van der Waals surface area (Å²) in [6.07, 6.45) is 0.932. The molecular weight excluding hydrogens is 318 g/mol. The highest BCUT2D eigenvalue weighted by Crippen LogP contribution is 2.28. The van der Waals surface area contributed by atoms with Crippen LogP contribution in [-0.2, 0) is 6.54 Å². The molecular formula is C20H25NO4. The van der Waals surface area contributed by atoms with Crippen molar-refractivity contribution in [2.45, 2.75) is 26.8 Å². The molecule has 2 rings (SSSR count). The molecule has 0 unspecified atom stereocenters. The van der Waals surface area contributed by atoms with Crippen LogP contribution in [0.1, 0.15) is 36.2 Å². The molecule has 0 bridgehead atoms. The molecule has 5 nitrogen and oxygen atoms in total. The molecule has 1 amide bonds. The van der Waals surface area contributed by atoms with E-state index < -0.39 is 0 Å². The minimum absolute atomic E-state index is 0.146. The van der Waals surface area contributed by atoms with Gasteiger partial charge in [-0.1, -0.05) is 19.1 Å². The molecule has 0 aliphatic heterocycles. The van der Waals surface area contributed by atoms with Crippen LogP contribution in [0.25, 0.3) is 0 Å². The van der Waals surface area contributed by atoms with Crippen molar-refractivity contribution in [3.05, 3.63) is 53.6 Å².